The highest BCUT2D eigenvalue weighted by Crippen LogP contribution is 2.06. The minimum absolute atomic E-state index is 1.06. The molecule has 0 unspecified atom stereocenters. The normalized spacial score (nSPS) is 16.8. The minimum atomic E-state index is 1.06. The molecule has 1 aromatic carbocycles. The molecule has 0 bridgehead atoms. The number of hydrazine groups is 2. The van der Waals surface area contributed by atoms with Gasteiger partial charge in [-0.3, -0.25) is 0 Å². The topological polar surface area (TPSA) is 27.3 Å². The monoisotopic (exact) mass is 219 g/mol. The van der Waals surface area contributed by atoms with Gasteiger partial charge in [-0.2, -0.15) is 5.53 Å². The highest BCUT2D eigenvalue weighted by molar-refractivity contribution is 5.14. The van der Waals surface area contributed by atoms with Crippen molar-refractivity contribution < 1.29 is 0 Å². The number of aryl methyl sites for hydroxylation is 1. The minimum Gasteiger partial charge on any atom is -0.243 e. The highest BCUT2D eigenvalue weighted by atomic mass is 15.7. The first-order valence-corrected chi connectivity index (χ1v) is 6.22. The maximum absolute atomic E-state index is 3.15. The molecule has 0 radical (unpaired) electrons. The summed E-state index contributed by atoms with van der Waals surface area (Å²) in [6.07, 6.45) is 5.10. The van der Waals surface area contributed by atoms with E-state index in [-0.39, 0.29) is 0 Å². The maximum atomic E-state index is 3.15. The molecular weight excluding hydrogens is 198 g/mol. The van der Waals surface area contributed by atoms with Crippen LogP contribution in [0, 0.1) is 0 Å². The molecule has 0 saturated carbocycles. The molecule has 0 aromatic heterocycles. The number of nitrogens with one attached hydrogen (secondary N) is 2. The van der Waals surface area contributed by atoms with Crippen molar-refractivity contribution in [2.75, 3.05) is 19.6 Å². The maximum Gasteiger partial charge on any atom is 0.0284 e. The second kappa shape index (κ2) is 6.63. The predicted octanol–water partition coefficient (Wildman–Crippen LogP) is 1.72. The van der Waals surface area contributed by atoms with Crippen LogP contribution < -0.4 is 11.0 Å². The summed E-state index contributed by atoms with van der Waals surface area (Å²) in [5.41, 5.74) is 7.73. The molecule has 3 heteroatoms. The Labute approximate surface area is 97.8 Å². The molecule has 2 rings (SSSR count). The Kier molecular flexibility index (Phi) is 4.80. The van der Waals surface area contributed by atoms with Crippen molar-refractivity contribution >= 4 is 0 Å². The van der Waals surface area contributed by atoms with Crippen LogP contribution in [0.15, 0.2) is 30.3 Å². The van der Waals surface area contributed by atoms with E-state index in [9.17, 15) is 0 Å². The molecule has 2 N–H and O–H groups in total. The zero-order valence-electron chi connectivity index (χ0n) is 9.78. The third-order valence-corrected chi connectivity index (χ3v) is 2.98. The fraction of sp³-hybridized carbons (Fsp3) is 0.538. The molecule has 3 nitrogen and oxygen atoms in total. The van der Waals surface area contributed by atoms with Crippen LogP contribution in [0.3, 0.4) is 0 Å². The van der Waals surface area contributed by atoms with E-state index in [4.69, 9.17) is 0 Å². The summed E-state index contributed by atoms with van der Waals surface area (Å²) in [4.78, 5) is 0. The van der Waals surface area contributed by atoms with Gasteiger partial charge >= 0.3 is 0 Å². The quantitative estimate of drug-likeness (QED) is 0.713. The van der Waals surface area contributed by atoms with Crippen molar-refractivity contribution in [3.63, 3.8) is 0 Å². The van der Waals surface area contributed by atoms with Crippen molar-refractivity contribution in [3.05, 3.63) is 35.9 Å². The van der Waals surface area contributed by atoms with E-state index in [1.54, 1.807) is 0 Å². The summed E-state index contributed by atoms with van der Waals surface area (Å²) in [5, 5.41) is 2.25. The lowest BCUT2D eigenvalue weighted by Crippen LogP contribution is -2.36. The van der Waals surface area contributed by atoms with Crippen LogP contribution in [0.25, 0.3) is 0 Å². The molecule has 0 atom stereocenters. The first-order valence-electron chi connectivity index (χ1n) is 6.22. The van der Waals surface area contributed by atoms with Gasteiger partial charge in [0.25, 0.3) is 0 Å². The van der Waals surface area contributed by atoms with Gasteiger partial charge < -0.3 is 0 Å². The van der Waals surface area contributed by atoms with Crippen molar-refractivity contribution in [1.29, 1.82) is 0 Å². The molecule has 1 aliphatic rings. The van der Waals surface area contributed by atoms with Gasteiger partial charge in [0, 0.05) is 19.6 Å². The number of hydrogen-bond donors (Lipinski definition) is 2. The summed E-state index contributed by atoms with van der Waals surface area (Å²) in [6, 6.07) is 10.7. The van der Waals surface area contributed by atoms with Crippen molar-refractivity contribution in [2.45, 2.75) is 25.7 Å². The van der Waals surface area contributed by atoms with Crippen molar-refractivity contribution in [3.8, 4) is 0 Å². The second-order valence-electron chi connectivity index (χ2n) is 4.32. The summed E-state index contributed by atoms with van der Waals surface area (Å²) >= 11 is 0. The number of hydrogen-bond acceptors (Lipinski definition) is 3. The summed E-state index contributed by atoms with van der Waals surface area (Å²) < 4.78 is 0. The van der Waals surface area contributed by atoms with Crippen molar-refractivity contribution in [2.24, 2.45) is 0 Å². The Bertz CT molecular complexity index is 280. The van der Waals surface area contributed by atoms with Crippen molar-refractivity contribution in [1.82, 2.24) is 16.0 Å². The lowest BCUT2D eigenvalue weighted by atomic mass is 10.1. The van der Waals surface area contributed by atoms with E-state index < -0.39 is 0 Å². The standard InChI is InChI=1S/C13H21N3/c1-3-7-13(8-4-1)9-5-2-6-11-16-12-10-14-15-16/h1,3-4,7-8,14-15H,2,5-6,9-12H2. The van der Waals surface area contributed by atoms with Gasteiger partial charge in [0.1, 0.15) is 0 Å². The lowest BCUT2D eigenvalue weighted by molar-refractivity contribution is 0.228. The second-order valence-corrected chi connectivity index (χ2v) is 4.32. The molecule has 16 heavy (non-hydrogen) atoms. The first kappa shape index (κ1) is 11.6. The lowest BCUT2D eigenvalue weighted by Gasteiger charge is -2.13. The van der Waals surface area contributed by atoms with E-state index >= 15 is 0 Å². The van der Waals surface area contributed by atoms with Crippen LogP contribution in [0.2, 0.25) is 0 Å². The fourth-order valence-corrected chi connectivity index (χ4v) is 2.04. The third kappa shape index (κ3) is 3.93. The number of nitrogens with zero attached hydrogens (tertiary/aromatic N) is 1. The van der Waals surface area contributed by atoms with Gasteiger partial charge in [-0.1, -0.05) is 36.8 Å². The Morgan fingerprint density at radius 2 is 1.94 bits per heavy atom. The van der Waals surface area contributed by atoms with E-state index in [0.717, 1.165) is 19.6 Å². The summed E-state index contributed by atoms with van der Waals surface area (Å²) in [6.45, 7) is 3.34. The number of unbranched alkanes of at least 4 members (excludes halogenated alkanes) is 2. The fourth-order valence-electron chi connectivity index (χ4n) is 2.04. The van der Waals surface area contributed by atoms with E-state index in [1.807, 2.05) is 0 Å². The van der Waals surface area contributed by atoms with Gasteiger partial charge in [0.15, 0.2) is 0 Å². The average Bonchev–Trinajstić information content (AvgIpc) is 2.83. The van der Waals surface area contributed by atoms with E-state index in [1.165, 1.54) is 31.2 Å². The van der Waals surface area contributed by atoms with Gasteiger partial charge in [-0.05, 0) is 24.8 Å². The van der Waals surface area contributed by atoms with Crippen LogP contribution >= 0.6 is 0 Å². The van der Waals surface area contributed by atoms with Gasteiger partial charge in [0.2, 0.25) is 0 Å². The number of benzene rings is 1. The summed E-state index contributed by atoms with van der Waals surface area (Å²) in [5.74, 6) is 0. The van der Waals surface area contributed by atoms with Crippen LogP contribution in [0.5, 0.6) is 0 Å². The molecule has 1 fully saturated rings. The zero-order chi connectivity index (χ0) is 11.1. The molecule has 1 saturated heterocycles. The summed E-state index contributed by atoms with van der Waals surface area (Å²) in [7, 11) is 0. The molecule has 1 heterocycles. The molecule has 0 aliphatic carbocycles. The zero-order valence-corrected chi connectivity index (χ0v) is 9.78. The van der Waals surface area contributed by atoms with Gasteiger partial charge in [0.05, 0.1) is 0 Å². The van der Waals surface area contributed by atoms with Crippen LogP contribution in [0.1, 0.15) is 24.8 Å². The molecule has 1 aliphatic heterocycles. The molecule has 1 aromatic rings. The predicted molar refractivity (Wildman–Crippen MR) is 66.7 cm³/mol. The van der Waals surface area contributed by atoms with Crippen LogP contribution in [0.4, 0.5) is 0 Å². The number of rotatable bonds is 6. The Morgan fingerprint density at radius 1 is 1.06 bits per heavy atom. The molecule has 0 spiro atoms. The van der Waals surface area contributed by atoms with Crippen LogP contribution in [-0.2, 0) is 6.42 Å². The molecule has 0 amide bonds. The smallest absolute Gasteiger partial charge is 0.0284 e. The first-order chi connectivity index (χ1) is 7.95. The molecule has 88 valence electrons. The van der Waals surface area contributed by atoms with Gasteiger partial charge in [-0.15, -0.1) is 0 Å². The van der Waals surface area contributed by atoms with E-state index in [0.29, 0.717) is 0 Å². The Balaban J connectivity index is 1.52. The third-order valence-electron chi connectivity index (χ3n) is 2.98. The van der Waals surface area contributed by atoms with E-state index in [2.05, 4.69) is 46.3 Å². The molecular formula is C13H21N3. The van der Waals surface area contributed by atoms with Gasteiger partial charge in [-0.25, -0.2) is 10.4 Å². The average molecular weight is 219 g/mol. The largest absolute Gasteiger partial charge is 0.243 e. The SMILES string of the molecule is c1ccc(CCCCCN2CCNN2)cc1. The Hall–Kier alpha value is -0.900. The Morgan fingerprint density at radius 3 is 2.69 bits per heavy atom. The highest BCUT2D eigenvalue weighted by Gasteiger charge is 2.08. The van der Waals surface area contributed by atoms with Crippen LogP contribution in [-0.4, -0.2) is 24.6 Å².